The van der Waals surface area contributed by atoms with Crippen LogP contribution in [0.1, 0.15) is 52.7 Å². The minimum absolute atomic E-state index is 0.0203. The van der Waals surface area contributed by atoms with Gasteiger partial charge in [0.05, 0.1) is 19.1 Å². The molecule has 6 atom stereocenters. The Morgan fingerprint density at radius 1 is 1.33 bits per heavy atom. The van der Waals surface area contributed by atoms with Gasteiger partial charge >= 0.3 is 0 Å². The molecule has 0 N–H and O–H groups in total. The Bertz CT molecular complexity index is 754. The van der Waals surface area contributed by atoms with E-state index in [1.54, 1.807) is 14.2 Å². The number of ketones is 1. The summed E-state index contributed by atoms with van der Waals surface area (Å²) in [5.74, 6) is 1.84. The van der Waals surface area contributed by atoms with E-state index in [4.69, 9.17) is 14.2 Å². The molecular weight excluding hydrogens is 304 g/mol. The van der Waals surface area contributed by atoms with Crippen molar-refractivity contribution in [1.29, 1.82) is 0 Å². The Morgan fingerprint density at radius 2 is 2.12 bits per heavy atom. The fourth-order valence-electron chi connectivity index (χ4n) is 6.38. The second-order valence-electron chi connectivity index (χ2n) is 8.01. The van der Waals surface area contributed by atoms with Crippen molar-refractivity contribution < 1.29 is 19.0 Å². The fourth-order valence-corrected chi connectivity index (χ4v) is 6.38. The van der Waals surface area contributed by atoms with Crippen LogP contribution >= 0.6 is 0 Å². The largest absolute Gasteiger partial charge is 0.496 e. The molecule has 2 bridgehead atoms. The molecule has 0 radical (unpaired) electrons. The molecule has 4 heteroatoms. The lowest BCUT2D eigenvalue weighted by Crippen LogP contribution is -2.64. The molecule has 1 aromatic rings. The molecule has 1 saturated carbocycles. The molecule has 4 nitrogen and oxygen atoms in total. The number of rotatable bonds is 2. The van der Waals surface area contributed by atoms with Gasteiger partial charge in [-0.1, -0.05) is 6.92 Å². The van der Waals surface area contributed by atoms with Crippen molar-refractivity contribution in [2.75, 3.05) is 14.2 Å². The van der Waals surface area contributed by atoms with Gasteiger partial charge in [0.2, 0.25) is 0 Å². The van der Waals surface area contributed by atoms with Crippen LogP contribution < -0.4 is 4.74 Å². The van der Waals surface area contributed by atoms with Crippen LogP contribution in [-0.2, 0) is 15.9 Å². The molecular formula is C20H24O4. The molecule has 128 valence electrons. The van der Waals surface area contributed by atoms with Crippen LogP contribution in [0.3, 0.4) is 0 Å². The number of benzene rings is 1. The highest BCUT2D eigenvalue weighted by Crippen LogP contribution is 2.69. The third-order valence-corrected chi connectivity index (χ3v) is 7.37. The first-order valence-electron chi connectivity index (χ1n) is 8.97. The first-order valence-corrected chi connectivity index (χ1v) is 8.97. The van der Waals surface area contributed by atoms with Gasteiger partial charge < -0.3 is 14.2 Å². The minimum atomic E-state index is -0.193. The van der Waals surface area contributed by atoms with Crippen molar-refractivity contribution in [3.63, 3.8) is 0 Å². The van der Waals surface area contributed by atoms with Gasteiger partial charge in [-0.3, -0.25) is 4.79 Å². The summed E-state index contributed by atoms with van der Waals surface area (Å²) < 4.78 is 17.6. The highest BCUT2D eigenvalue weighted by atomic mass is 16.7. The number of ether oxygens (including phenoxy) is 3. The molecule has 3 aliphatic carbocycles. The topological polar surface area (TPSA) is 44.8 Å². The summed E-state index contributed by atoms with van der Waals surface area (Å²) in [4.78, 5) is 13.4. The summed E-state index contributed by atoms with van der Waals surface area (Å²) in [7, 11) is 3.43. The van der Waals surface area contributed by atoms with E-state index in [-0.39, 0.29) is 35.4 Å². The van der Waals surface area contributed by atoms with Crippen molar-refractivity contribution >= 4 is 5.78 Å². The van der Waals surface area contributed by atoms with Crippen LogP contribution in [0, 0.1) is 24.2 Å². The van der Waals surface area contributed by atoms with Gasteiger partial charge in [0, 0.05) is 29.6 Å². The summed E-state index contributed by atoms with van der Waals surface area (Å²) in [5, 5.41) is 0. The molecule has 0 amide bonds. The van der Waals surface area contributed by atoms with E-state index in [1.165, 1.54) is 11.1 Å². The van der Waals surface area contributed by atoms with E-state index in [0.717, 1.165) is 36.1 Å². The van der Waals surface area contributed by atoms with Crippen LogP contribution in [-0.4, -0.2) is 32.4 Å². The first-order chi connectivity index (χ1) is 11.5. The Balaban J connectivity index is 1.81. The maximum absolute atomic E-state index is 13.4. The normalized spacial score (nSPS) is 41.5. The fraction of sp³-hybridized carbons (Fsp3) is 0.650. The zero-order valence-corrected chi connectivity index (χ0v) is 14.7. The van der Waals surface area contributed by atoms with Gasteiger partial charge in [-0.2, -0.15) is 0 Å². The Labute approximate surface area is 142 Å². The second kappa shape index (κ2) is 4.61. The van der Waals surface area contributed by atoms with Gasteiger partial charge in [0.1, 0.15) is 5.75 Å². The van der Waals surface area contributed by atoms with Crippen LogP contribution in [0.5, 0.6) is 5.75 Å². The number of hydrogen-bond acceptors (Lipinski definition) is 4. The van der Waals surface area contributed by atoms with E-state index in [1.807, 2.05) is 6.92 Å². The van der Waals surface area contributed by atoms with Crippen LogP contribution in [0.15, 0.2) is 6.07 Å². The summed E-state index contributed by atoms with van der Waals surface area (Å²) in [6, 6.07) is 2.16. The molecule has 5 aliphatic rings. The SMILES string of the molecule is COc1cc2c3c(c1C)C(=O)[C@@H]1C4C[C@H](C)C(CC2)([C@H](OC)O4)[C@H]31. The summed E-state index contributed by atoms with van der Waals surface area (Å²) >= 11 is 0. The minimum Gasteiger partial charge on any atom is -0.496 e. The van der Waals surface area contributed by atoms with Crippen LogP contribution in [0.4, 0.5) is 0 Å². The summed E-state index contributed by atoms with van der Waals surface area (Å²) in [6.45, 7) is 4.34. The zero-order valence-electron chi connectivity index (χ0n) is 14.7. The standard InChI is InChI=1S/C20H24O4/c1-9-7-13-16-17-15-11(5-6-20(9,17)19(23-4)24-13)8-12(22-3)10(2)14(15)18(16)21/h8-9,13,16-17,19H,5-7H2,1-4H3/t9-,13?,16+,17+,19+,20?/m0/s1. The van der Waals surface area contributed by atoms with Gasteiger partial charge in [0.15, 0.2) is 12.1 Å². The smallest absolute Gasteiger partial charge is 0.169 e. The molecule has 1 spiro atoms. The van der Waals surface area contributed by atoms with Crippen molar-refractivity contribution in [3.05, 3.63) is 28.3 Å². The van der Waals surface area contributed by atoms with E-state index >= 15 is 0 Å². The Hall–Kier alpha value is -1.39. The van der Waals surface area contributed by atoms with Gasteiger partial charge in [-0.15, -0.1) is 0 Å². The van der Waals surface area contributed by atoms with Crippen LogP contribution in [0.2, 0.25) is 0 Å². The number of methoxy groups -OCH3 is 2. The highest BCUT2D eigenvalue weighted by Gasteiger charge is 2.69. The Kier molecular flexibility index (Phi) is 2.87. The van der Waals surface area contributed by atoms with Gasteiger partial charge in [-0.05, 0) is 49.3 Å². The third-order valence-electron chi connectivity index (χ3n) is 7.37. The number of carbonyl (C=O) groups is 1. The number of aryl methyl sites for hydroxylation is 1. The van der Waals surface area contributed by atoms with Gasteiger partial charge in [-0.25, -0.2) is 0 Å². The number of carbonyl (C=O) groups excluding carboxylic acids is 1. The third kappa shape index (κ3) is 1.42. The number of Topliss-reactive ketones (excluding diaryl/α,β-unsaturated/α-hetero) is 1. The quantitative estimate of drug-likeness (QED) is 0.836. The first kappa shape index (κ1) is 14.9. The van der Waals surface area contributed by atoms with Crippen molar-refractivity contribution in [1.82, 2.24) is 0 Å². The van der Waals surface area contributed by atoms with E-state index in [9.17, 15) is 4.79 Å². The lowest BCUT2D eigenvalue weighted by molar-refractivity contribution is -0.316. The van der Waals surface area contributed by atoms with Crippen molar-refractivity contribution in [3.8, 4) is 5.75 Å². The average molecular weight is 328 g/mol. The van der Waals surface area contributed by atoms with Crippen molar-refractivity contribution in [2.45, 2.75) is 51.4 Å². The van der Waals surface area contributed by atoms with Crippen LogP contribution in [0.25, 0.3) is 0 Å². The molecule has 2 aliphatic heterocycles. The van der Waals surface area contributed by atoms with Crippen molar-refractivity contribution in [2.24, 2.45) is 17.3 Å². The predicted octanol–water partition coefficient (Wildman–Crippen LogP) is 3.24. The molecule has 0 aromatic heterocycles. The summed E-state index contributed by atoms with van der Waals surface area (Å²) in [6.07, 6.45) is 2.74. The maximum Gasteiger partial charge on any atom is 0.169 e. The van der Waals surface area contributed by atoms with E-state index < -0.39 is 0 Å². The highest BCUT2D eigenvalue weighted by molar-refractivity contribution is 6.06. The lowest BCUT2D eigenvalue weighted by atomic mass is 9.49. The monoisotopic (exact) mass is 328 g/mol. The molecule has 2 unspecified atom stereocenters. The molecule has 2 saturated heterocycles. The molecule has 24 heavy (non-hydrogen) atoms. The molecule has 6 rings (SSSR count). The van der Waals surface area contributed by atoms with Gasteiger partial charge in [0.25, 0.3) is 0 Å². The predicted molar refractivity (Wildman–Crippen MR) is 88.5 cm³/mol. The molecule has 3 fully saturated rings. The second-order valence-corrected chi connectivity index (χ2v) is 8.01. The van der Waals surface area contributed by atoms with E-state index in [2.05, 4.69) is 13.0 Å². The maximum atomic E-state index is 13.4. The number of hydrogen-bond donors (Lipinski definition) is 0. The zero-order chi connectivity index (χ0) is 16.8. The summed E-state index contributed by atoms with van der Waals surface area (Å²) in [5.41, 5.74) is 4.44. The molecule has 1 aromatic carbocycles. The molecule has 2 heterocycles. The average Bonchev–Trinajstić information content (AvgIpc) is 2.91. The van der Waals surface area contributed by atoms with E-state index in [0.29, 0.717) is 5.92 Å². The lowest BCUT2D eigenvalue weighted by Gasteiger charge is -2.62. The Morgan fingerprint density at radius 3 is 2.83 bits per heavy atom. The number of fused-ring (bicyclic) bond motifs is 2.